The number of fused-ring (bicyclic) bond motifs is 2. The first-order valence-electron chi connectivity index (χ1n) is 19.2. The average Bonchev–Trinajstić information content (AvgIpc) is 2.97. The van der Waals surface area contributed by atoms with Crippen molar-refractivity contribution in [2.45, 2.75) is 150 Å². The van der Waals surface area contributed by atoms with Crippen molar-refractivity contribution in [3.05, 3.63) is 115 Å². The van der Waals surface area contributed by atoms with Gasteiger partial charge >= 0.3 is 8.60 Å². The molecule has 4 aromatic carbocycles. The molecule has 0 atom stereocenters. The molecule has 4 nitrogen and oxygen atoms in total. The molecule has 0 N–H and O–H groups in total. The second-order valence-electron chi connectivity index (χ2n) is 19.9. The first-order chi connectivity index (χ1) is 24.0. The van der Waals surface area contributed by atoms with E-state index in [1.54, 1.807) is 0 Å². The van der Waals surface area contributed by atoms with Crippen molar-refractivity contribution in [3.63, 3.8) is 0 Å². The van der Waals surface area contributed by atoms with Gasteiger partial charge in [0, 0.05) is 25.7 Å². The lowest BCUT2D eigenvalue weighted by atomic mass is 9.79. The summed E-state index contributed by atoms with van der Waals surface area (Å²) in [4.78, 5) is 0. The van der Waals surface area contributed by atoms with E-state index in [2.05, 4.69) is 145 Å². The molecule has 4 aromatic rings. The summed E-state index contributed by atoms with van der Waals surface area (Å²) >= 11 is 0. The summed E-state index contributed by atoms with van der Waals surface area (Å²) in [5.41, 5.74) is 14.4. The zero-order valence-electron chi connectivity index (χ0n) is 34.1. The molecule has 5 heteroatoms. The van der Waals surface area contributed by atoms with Crippen LogP contribution in [0.4, 0.5) is 0 Å². The van der Waals surface area contributed by atoms with E-state index < -0.39 is 8.60 Å². The summed E-state index contributed by atoms with van der Waals surface area (Å²) in [6.07, 6.45) is 2.79. The normalized spacial score (nSPS) is 15.8. The molecule has 0 aliphatic carbocycles. The quantitative estimate of drug-likeness (QED) is 0.170. The first-order valence-corrected chi connectivity index (χ1v) is 20.3. The highest BCUT2D eigenvalue weighted by Gasteiger charge is 2.36. The molecule has 7 rings (SSSR count). The van der Waals surface area contributed by atoms with Crippen molar-refractivity contribution in [1.29, 1.82) is 0 Å². The van der Waals surface area contributed by atoms with E-state index in [1.165, 1.54) is 55.6 Å². The number of benzene rings is 4. The van der Waals surface area contributed by atoms with Gasteiger partial charge in [0.25, 0.3) is 0 Å². The minimum Gasteiger partial charge on any atom is -0.490 e. The van der Waals surface area contributed by atoms with Crippen LogP contribution in [0.25, 0.3) is 0 Å². The fourth-order valence-electron chi connectivity index (χ4n) is 7.64. The van der Waals surface area contributed by atoms with Crippen LogP contribution in [0, 0.1) is 0 Å². The largest absolute Gasteiger partial charge is 0.530 e. The van der Waals surface area contributed by atoms with Gasteiger partial charge < -0.3 is 18.3 Å². The Bertz CT molecular complexity index is 1940. The van der Waals surface area contributed by atoms with Crippen molar-refractivity contribution in [1.82, 2.24) is 0 Å². The summed E-state index contributed by atoms with van der Waals surface area (Å²) in [6, 6.07) is 19.0. The predicted molar refractivity (Wildman–Crippen MR) is 216 cm³/mol. The molecule has 276 valence electrons. The summed E-state index contributed by atoms with van der Waals surface area (Å²) in [5, 5.41) is 0. The molecular weight excluding hydrogens is 659 g/mol. The molecule has 3 aliphatic heterocycles. The Kier molecular flexibility index (Phi) is 8.89. The van der Waals surface area contributed by atoms with Crippen LogP contribution in [0.2, 0.25) is 0 Å². The molecule has 0 radical (unpaired) electrons. The number of hydrogen-bond acceptors (Lipinski definition) is 4. The molecular formula is C47H59O4P. The van der Waals surface area contributed by atoms with E-state index in [1.807, 2.05) is 0 Å². The van der Waals surface area contributed by atoms with E-state index >= 15 is 0 Å². The molecule has 0 aromatic heterocycles. The molecule has 0 fully saturated rings. The molecule has 52 heavy (non-hydrogen) atoms. The Hall–Kier alpha value is -3.49. The summed E-state index contributed by atoms with van der Waals surface area (Å²) in [7, 11) is -1.83. The fraction of sp³-hybridized carbons (Fsp3) is 0.489. The molecule has 3 aliphatic rings. The zero-order valence-corrected chi connectivity index (χ0v) is 35.0. The molecule has 0 spiro atoms. The highest BCUT2D eigenvalue weighted by atomic mass is 31.2. The minimum atomic E-state index is -1.83. The predicted octanol–water partition coefficient (Wildman–Crippen LogP) is 12.7. The van der Waals surface area contributed by atoms with Crippen LogP contribution in [0.15, 0.2) is 48.5 Å². The SMILES string of the molecule is CC(C)Oc1c2cc(C(C)(C)C)cc1Cc1cc(C(C)(C)C)cc3c1OP1Oc4c(cc(C(C)(C)C)cc4Cc4cc(C(C)(C)C)cc(c4O1)C3)C2. The topological polar surface area (TPSA) is 36.9 Å². The third-order valence-corrected chi connectivity index (χ3v) is 11.8. The van der Waals surface area contributed by atoms with Crippen molar-refractivity contribution < 1.29 is 18.3 Å². The van der Waals surface area contributed by atoms with Crippen LogP contribution in [-0.4, -0.2) is 6.10 Å². The molecule has 0 saturated carbocycles. The van der Waals surface area contributed by atoms with Crippen molar-refractivity contribution in [2.75, 3.05) is 0 Å². The lowest BCUT2D eigenvalue weighted by molar-refractivity contribution is 0.238. The van der Waals surface area contributed by atoms with Crippen molar-refractivity contribution >= 4 is 8.60 Å². The lowest BCUT2D eigenvalue weighted by Gasteiger charge is -2.34. The molecule has 0 amide bonds. The minimum absolute atomic E-state index is 0.0168. The smallest absolute Gasteiger partial charge is 0.490 e. The highest BCUT2D eigenvalue weighted by Crippen LogP contribution is 2.55. The van der Waals surface area contributed by atoms with E-state index in [4.69, 9.17) is 18.3 Å². The van der Waals surface area contributed by atoms with Gasteiger partial charge in [0.05, 0.1) is 6.10 Å². The average molecular weight is 719 g/mol. The van der Waals surface area contributed by atoms with E-state index in [9.17, 15) is 0 Å². The third-order valence-electron chi connectivity index (χ3n) is 10.8. The Labute approximate surface area is 314 Å². The second kappa shape index (κ2) is 12.5. The maximum atomic E-state index is 7.12. The van der Waals surface area contributed by atoms with Gasteiger partial charge in [-0.1, -0.05) is 132 Å². The van der Waals surface area contributed by atoms with Gasteiger partial charge in [0.2, 0.25) is 0 Å². The van der Waals surface area contributed by atoms with Crippen LogP contribution in [-0.2, 0) is 47.3 Å². The Morgan fingerprint density at radius 3 is 0.885 bits per heavy atom. The van der Waals surface area contributed by atoms with Gasteiger partial charge in [-0.15, -0.1) is 0 Å². The molecule has 0 unspecified atom stereocenters. The second-order valence-corrected chi connectivity index (χ2v) is 20.9. The number of ether oxygens (including phenoxy) is 1. The van der Waals surface area contributed by atoms with Crippen molar-refractivity contribution in [3.8, 4) is 23.0 Å². The monoisotopic (exact) mass is 718 g/mol. The Balaban J connectivity index is 1.63. The summed E-state index contributed by atoms with van der Waals surface area (Å²) in [6.45, 7) is 31.9. The highest BCUT2D eigenvalue weighted by molar-refractivity contribution is 7.43. The van der Waals surface area contributed by atoms with Crippen LogP contribution < -0.4 is 18.3 Å². The van der Waals surface area contributed by atoms with Gasteiger partial charge in [0.15, 0.2) is 0 Å². The van der Waals surface area contributed by atoms with Crippen LogP contribution in [0.1, 0.15) is 164 Å². The molecule has 3 heterocycles. The first kappa shape index (κ1) is 36.9. The maximum absolute atomic E-state index is 7.12. The Morgan fingerprint density at radius 1 is 0.423 bits per heavy atom. The zero-order chi connectivity index (χ0) is 37.7. The van der Waals surface area contributed by atoms with Crippen molar-refractivity contribution in [2.24, 2.45) is 0 Å². The molecule has 0 saturated heterocycles. The Morgan fingerprint density at radius 2 is 0.654 bits per heavy atom. The van der Waals surface area contributed by atoms with Gasteiger partial charge in [0.1, 0.15) is 23.0 Å². The van der Waals surface area contributed by atoms with E-state index in [0.29, 0.717) is 25.7 Å². The van der Waals surface area contributed by atoms with Crippen LogP contribution >= 0.6 is 8.60 Å². The van der Waals surface area contributed by atoms with E-state index in [-0.39, 0.29) is 27.8 Å². The number of rotatable bonds is 2. The van der Waals surface area contributed by atoms with Gasteiger partial charge in [-0.3, -0.25) is 0 Å². The standard InChI is InChI=1S/C47H59O4P/c1-27(2)48-40-28-15-30-21-37(45(6,7)8)23-32-17-34-25-39(47(12,13)14)26-35-18-33-24-38(46(9,10)11)22-31(16-29(40)20-36(19-28)44(3,4)5)42(33)50-52(49-41(30)32)51-43(34)35/h19-27H,15-18H2,1-14H3. The lowest BCUT2D eigenvalue weighted by Crippen LogP contribution is -2.21. The van der Waals surface area contributed by atoms with Crippen LogP contribution in [0.3, 0.4) is 0 Å². The fourth-order valence-corrected chi connectivity index (χ4v) is 8.90. The molecule has 6 bridgehead atoms. The van der Waals surface area contributed by atoms with Crippen LogP contribution in [0.5, 0.6) is 23.0 Å². The maximum Gasteiger partial charge on any atom is 0.530 e. The number of hydrogen-bond donors (Lipinski definition) is 0. The third kappa shape index (κ3) is 7.10. The summed E-state index contributed by atoms with van der Waals surface area (Å²) in [5.74, 6) is 3.65. The van der Waals surface area contributed by atoms with Gasteiger partial charge in [-0.2, -0.15) is 0 Å². The van der Waals surface area contributed by atoms with Gasteiger partial charge in [-0.25, -0.2) is 0 Å². The van der Waals surface area contributed by atoms with Gasteiger partial charge in [-0.05, 0) is 102 Å². The van der Waals surface area contributed by atoms with E-state index in [0.717, 1.165) is 34.1 Å². The summed E-state index contributed by atoms with van der Waals surface area (Å²) < 4.78 is 28.1.